The normalized spacial score (nSPS) is 15.8. The van der Waals surface area contributed by atoms with E-state index in [0.29, 0.717) is 22.4 Å². The number of tetrazole rings is 1. The topological polar surface area (TPSA) is 133 Å². The third kappa shape index (κ3) is 4.44. The Labute approximate surface area is 187 Å². The molecule has 2 aromatic heterocycles. The van der Waals surface area contributed by atoms with E-state index in [9.17, 15) is 9.59 Å². The minimum atomic E-state index is -0.772. The number of nitrogens with zero attached hydrogens (tertiary/aromatic N) is 4. The minimum absolute atomic E-state index is 0.192. The fourth-order valence-corrected chi connectivity index (χ4v) is 4.00. The monoisotopic (exact) mass is 456 g/mol. The fraction of sp³-hybridized carbons (Fsp3) is 0.250. The van der Waals surface area contributed by atoms with Gasteiger partial charge in [0.25, 0.3) is 0 Å². The highest BCUT2D eigenvalue weighted by atomic mass is 32.2. The van der Waals surface area contributed by atoms with E-state index in [1.807, 2.05) is 12.1 Å². The van der Waals surface area contributed by atoms with Crippen LogP contribution in [0.4, 0.5) is 4.79 Å². The van der Waals surface area contributed by atoms with Gasteiger partial charge in [0.1, 0.15) is 17.6 Å². The second-order valence-corrected chi connectivity index (χ2v) is 7.46. The van der Waals surface area contributed by atoms with E-state index in [2.05, 4.69) is 26.2 Å². The molecule has 166 valence electrons. The minimum Gasteiger partial charge on any atom is -0.497 e. The van der Waals surface area contributed by atoms with Crippen LogP contribution in [0, 0.1) is 0 Å². The summed E-state index contributed by atoms with van der Waals surface area (Å²) in [7, 11) is 1.59. The molecule has 0 unspecified atom stereocenters. The molecule has 1 atom stereocenters. The van der Waals surface area contributed by atoms with E-state index >= 15 is 0 Å². The lowest BCUT2D eigenvalue weighted by Gasteiger charge is -2.27. The first-order valence-corrected chi connectivity index (χ1v) is 10.7. The van der Waals surface area contributed by atoms with Crippen molar-refractivity contribution in [2.75, 3.05) is 19.5 Å². The Kier molecular flexibility index (Phi) is 6.40. The van der Waals surface area contributed by atoms with Crippen LogP contribution in [0.2, 0.25) is 0 Å². The predicted octanol–water partition coefficient (Wildman–Crippen LogP) is 2.23. The maximum absolute atomic E-state index is 12.8. The highest BCUT2D eigenvalue weighted by molar-refractivity contribution is 7.99. The molecule has 0 spiro atoms. The molecule has 32 heavy (non-hydrogen) atoms. The largest absolute Gasteiger partial charge is 0.497 e. The Morgan fingerprint density at radius 2 is 2.09 bits per heavy atom. The number of thioether (sulfide) groups is 1. The first-order valence-electron chi connectivity index (χ1n) is 9.67. The molecule has 0 aliphatic carbocycles. The number of aromatic nitrogens is 4. The summed E-state index contributed by atoms with van der Waals surface area (Å²) in [5.41, 5.74) is 1.39. The van der Waals surface area contributed by atoms with E-state index < -0.39 is 18.0 Å². The van der Waals surface area contributed by atoms with Crippen LogP contribution in [0.25, 0.3) is 5.69 Å². The number of ether oxygens (including phenoxy) is 2. The third-order valence-corrected chi connectivity index (χ3v) is 5.53. The van der Waals surface area contributed by atoms with Gasteiger partial charge in [0, 0.05) is 11.4 Å². The summed E-state index contributed by atoms with van der Waals surface area (Å²) >= 11 is 1.26. The number of rotatable bonds is 8. The molecule has 0 fully saturated rings. The van der Waals surface area contributed by atoms with Gasteiger partial charge >= 0.3 is 12.0 Å². The molecule has 0 bridgehead atoms. The van der Waals surface area contributed by atoms with Crippen molar-refractivity contribution in [1.29, 1.82) is 0 Å². The maximum Gasteiger partial charge on any atom is 0.338 e. The molecule has 2 amide bonds. The molecule has 11 nitrogen and oxygen atoms in total. The van der Waals surface area contributed by atoms with Gasteiger partial charge in [-0.15, -0.1) is 5.10 Å². The van der Waals surface area contributed by atoms with Crippen molar-refractivity contribution in [3.05, 3.63) is 59.7 Å². The highest BCUT2D eigenvalue weighted by Gasteiger charge is 2.35. The lowest BCUT2D eigenvalue weighted by molar-refractivity contribution is -0.139. The van der Waals surface area contributed by atoms with Crippen molar-refractivity contribution in [2.45, 2.75) is 18.1 Å². The number of carbonyl (C=O) groups is 2. The Morgan fingerprint density at radius 3 is 2.78 bits per heavy atom. The SMILES string of the molecule is CCOC(=O)C1=C(CSc2nnnn2-c2ccc(OC)cc2)NC(=O)N[C@@H]1c1ccco1. The molecule has 3 aromatic rings. The zero-order chi connectivity index (χ0) is 22.5. The van der Waals surface area contributed by atoms with Crippen molar-refractivity contribution >= 4 is 23.8 Å². The highest BCUT2D eigenvalue weighted by Crippen LogP contribution is 2.31. The van der Waals surface area contributed by atoms with Gasteiger partial charge in [0.15, 0.2) is 0 Å². The molecule has 1 aliphatic rings. The number of furan rings is 1. The van der Waals surface area contributed by atoms with Crippen LogP contribution in [-0.4, -0.2) is 51.7 Å². The van der Waals surface area contributed by atoms with Crippen LogP contribution in [0.15, 0.2) is 63.5 Å². The molecule has 12 heteroatoms. The Hall–Kier alpha value is -3.80. The van der Waals surface area contributed by atoms with Crippen molar-refractivity contribution in [1.82, 2.24) is 30.8 Å². The zero-order valence-electron chi connectivity index (χ0n) is 17.3. The average Bonchev–Trinajstić information content (AvgIpc) is 3.49. The maximum atomic E-state index is 12.8. The van der Waals surface area contributed by atoms with Gasteiger partial charge < -0.3 is 24.5 Å². The molecule has 1 aliphatic heterocycles. The van der Waals surface area contributed by atoms with E-state index in [1.165, 1.54) is 18.0 Å². The number of nitrogens with one attached hydrogen (secondary N) is 2. The van der Waals surface area contributed by atoms with Gasteiger partial charge in [0.2, 0.25) is 5.16 Å². The van der Waals surface area contributed by atoms with Crippen LogP contribution >= 0.6 is 11.8 Å². The Morgan fingerprint density at radius 1 is 1.28 bits per heavy atom. The number of hydrogen-bond acceptors (Lipinski definition) is 9. The number of urea groups is 1. The molecular weight excluding hydrogens is 436 g/mol. The van der Waals surface area contributed by atoms with Crippen LogP contribution in [0.1, 0.15) is 18.7 Å². The van der Waals surface area contributed by atoms with Crippen molar-refractivity contribution < 1.29 is 23.5 Å². The van der Waals surface area contributed by atoms with Crippen LogP contribution < -0.4 is 15.4 Å². The van der Waals surface area contributed by atoms with Crippen LogP contribution in [-0.2, 0) is 9.53 Å². The lowest BCUT2D eigenvalue weighted by atomic mass is 10.0. The summed E-state index contributed by atoms with van der Waals surface area (Å²) < 4.78 is 17.4. The van der Waals surface area contributed by atoms with Crippen molar-refractivity contribution in [3.63, 3.8) is 0 Å². The van der Waals surface area contributed by atoms with Gasteiger partial charge in [-0.05, 0) is 53.7 Å². The summed E-state index contributed by atoms with van der Waals surface area (Å²) in [5, 5.41) is 17.7. The van der Waals surface area contributed by atoms with Gasteiger partial charge in [0.05, 0.1) is 31.2 Å². The van der Waals surface area contributed by atoms with E-state index in [0.717, 1.165) is 5.69 Å². The zero-order valence-corrected chi connectivity index (χ0v) is 18.1. The first-order chi connectivity index (χ1) is 15.6. The molecule has 2 N–H and O–H groups in total. The summed E-state index contributed by atoms with van der Waals surface area (Å²) in [4.78, 5) is 25.0. The van der Waals surface area contributed by atoms with Gasteiger partial charge in [-0.2, -0.15) is 4.68 Å². The smallest absolute Gasteiger partial charge is 0.338 e. The molecule has 4 rings (SSSR count). The first kappa shape index (κ1) is 21.4. The average molecular weight is 456 g/mol. The fourth-order valence-electron chi connectivity index (χ4n) is 3.14. The number of hydrogen-bond donors (Lipinski definition) is 2. The van der Waals surface area contributed by atoms with Gasteiger partial charge in [-0.1, -0.05) is 11.8 Å². The van der Waals surface area contributed by atoms with Gasteiger partial charge in [-0.3, -0.25) is 0 Å². The Bertz CT molecular complexity index is 1130. The standard InChI is InChI=1S/C20H20N6O5S/c1-3-30-18(27)16-14(21-19(28)22-17(16)15-5-4-10-31-15)11-32-20-23-24-25-26(20)12-6-8-13(29-2)9-7-12/h4-10,17H,3,11H2,1-2H3,(H2,21,22,28)/t17-/m1/s1. The molecular formula is C20H20N6O5S. The van der Waals surface area contributed by atoms with Crippen LogP contribution in [0.5, 0.6) is 5.75 Å². The van der Waals surface area contributed by atoms with E-state index in [1.54, 1.807) is 43.0 Å². The third-order valence-electron chi connectivity index (χ3n) is 4.58. The quantitative estimate of drug-likeness (QED) is 0.386. The second kappa shape index (κ2) is 9.56. The second-order valence-electron chi connectivity index (χ2n) is 6.52. The molecule has 3 heterocycles. The number of esters is 1. The predicted molar refractivity (Wildman–Crippen MR) is 113 cm³/mol. The number of methoxy groups -OCH3 is 1. The van der Waals surface area contributed by atoms with E-state index in [4.69, 9.17) is 13.9 Å². The summed E-state index contributed by atoms with van der Waals surface area (Å²) in [5.74, 6) is 0.803. The van der Waals surface area contributed by atoms with Crippen LogP contribution in [0.3, 0.4) is 0 Å². The number of benzene rings is 1. The molecule has 0 saturated carbocycles. The van der Waals surface area contributed by atoms with Crippen molar-refractivity contribution in [3.8, 4) is 11.4 Å². The summed E-state index contributed by atoms with van der Waals surface area (Å²) in [6.45, 7) is 1.91. The number of carbonyl (C=O) groups excluding carboxylic acids is 2. The summed E-state index contributed by atoms with van der Waals surface area (Å²) in [6, 6.07) is 9.38. The molecule has 1 aromatic carbocycles. The number of amides is 2. The van der Waals surface area contributed by atoms with Crippen molar-refractivity contribution in [2.24, 2.45) is 0 Å². The molecule has 0 radical (unpaired) electrons. The Balaban J connectivity index is 1.63. The molecule has 0 saturated heterocycles. The van der Waals surface area contributed by atoms with E-state index in [-0.39, 0.29) is 17.9 Å². The lowest BCUT2D eigenvalue weighted by Crippen LogP contribution is -2.46. The van der Waals surface area contributed by atoms with Gasteiger partial charge in [-0.25, -0.2) is 9.59 Å². The summed E-state index contributed by atoms with van der Waals surface area (Å²) in [6.07, 6.45) is 1.48.